The van der Waals surface area contributed by atoms with Crippen molar-refractivity contribution in [2.75, 3.05) is 6.54 Å². The third-order valence-corrected chi connectivity index (χ3v) is 4.37. The van der Waals surface area contributed by atoms with E-state index in [0.29, 0.717) is 19.0 Å². The number of carbonyl (C=O) groups excluding carboxylic acids is 1. The quantitative estimate of drug-likeness (QED) is 0.771. The summed E-state index contributed by atoms with van der Waals surface area (Å²) >= 11 is 0. The summed E-state index contributed by atoms with van der Waals surface area (Å²) in [5, 5.41) is 8.74. The molecule has 2 saturated carbocycles. The van der Waals surface area contributed by atoms with Crippen LogP contribution in [0.15, 0.2) is 0 Å². The van der Waals surface area contributed by atoms with Gasteiger partial charge in [-0.1, -0.05) is 32.1 Å². The second-order valence-electron chi connectivity index (χ2n) is 6.00. The van der Waals surface area contributed by atoms with Crippen LogP contribution in [0.3, 0.4) is 0 Å². The zero-order valence-electron chi connectivity index (χ0n) is 11.6. The Labute approximate surface area is 115 Å². The van der Waals surface area contributed by atoms with E-state index in [0.717, 1.165) is 25.2 Å². The first-order chi connectivity index (χ1) is 9.16. The van der Waals surface area contributed by atoms with Gasteiger partial charge in [0.1, 0.15) is 0 Å². The second-order valence-corrected chi connectivity index (χ2v) is 6.00. The Morgan fingerprint density at radius 1 is 1.00 bits per heavy atom. The molecule has 2 aliphatic rings. The highest BCUT2D eigenvalue weighted by atomic mass is 16.4. The van der Waals surface area contributed by atoms with Gasteiger partial charge in [-0.05, 0) is 25.2 Å². The van der Waals surface area contributed by atoms with Crippen molar-refractivity contribution in [2.45, 2.75) is 70.3 Å². The Hall–Kier alpha value is -1.06. The van der Waals surface area contributed by atoms with Gasteiger partial charge < -0.3 is 10.0 Å². The van der Waals surface area contributed by atoms with E-state index in [1.54, 1.807) is 0 Å². The van der Waals surface area contributed by atoms with Crippen LogP contribution in [0.5, 0.6) is 0 Å². The van der Waals surface area contributed by atoms with E-state index in [4.69, 9.17) is 5.11 Å². The van der Waals surface area contributed by atoms with Crippen LogP contribution in [0.25, 0.3) is 0 Å². The van der Waals surface area contributed by atoms with Crippen molar-refractivity contribution in [2.24, 2.45) is 5.92 Å². The van der Waals surface area contributed by atoms with Gasteiger partial charge in [-0.25, -0.2) is 0 Å². The highest BCUT2D eigenvalue weighted by Crippen LogP contribution is 2.30. The topological polar surface area (TPSA) is 57.6 Å². The number of rotatable bonds is 7. The molecule has 0 saturated heterocycles. The summed E-state index contributed by atoms with van der Waals surface area (Å²) in [6.07, 6.45) is 10.3. The van der Waals surface area contributed by atoms with Gasteiger partial charge in [0.15, 0.2) is 0 Å². The Morgan fingerprint density at radius 3 is 2.26 bits per heavy atom. The van der Waals surface area contributed by atoms with Gasteiger partial charge >= 0.3 is 5.97 Å². The number of aliphatic carboxylic acids is 1. The maximum Gasteiger partial charge on any atom is 0.305 e. The van der Waals surface area contributed by atoms with E-state index in [1.807, 2.05) is 4.90 Å². The van der Waals surface area contributed by atoms with Gasteiger partial charge in [-0.3, -0.25) is 9.59 Å². The molecule has 2 fully saturated rings. The van der Waals surface area contributed by atoms with Gasteiger partial charge in [0.25, 0.3) is 0 Å². The summed E-state index contributed by atoms with van der Waals surface area (Å²) in [6, 6.07) is 0.332. The molecule has 0 atom stereocenters. The number of amides is 1. The minimum absolute atomic E-state index is 0.0751. The predicted molar refractivity (Wildman–Crippen MR) is 72.8 cm³/mol. The normalized spacial score (nSPS) is 20.2. The molecule has 1 N–H and O–H groups in total. The monoisotopic (exact) mass is 267 g/mol. The Kier molecular flexibility index (Phi) is 5.23. The van der Waals surface area contributed by atoms with Crippen molar-refractivity contribution in [3.8, 4) is 0 Å². The molecule has 4 heteroatoms. The molecule has 0 spiro atoms. The van der Waals surface area contributed by atoms with Gasteiger partial charge in [0.2, 0.25) is 5.91 Å². The maximum absolute atomic E-state index is 12.2. The average Bonchev–Trinajstić information content (AvgIpc) is 3.22. The molecule has 0 aromatic heterocycles. The summed E-state index contributed by atoms with van der Waals surface area (Å²) in [6.45, 7) is 0.392. The second kappa shape index (κ2) is 6.92. The fourth-order valence-electron chi connectivity index (χ4n) is 3.06. The first-order valence-electron chi connectivity index (χ1n) is 7.68. The van der Waals surface area contributed by atoms with E-state index in [-0.39, 0.29) is 12.3 Å². The highest BCUT2D eigenvalue weighted by Gasteiger charge is 2.32. The van der Waals surface area contributed by atoms with Crippen LogP contribution in [0.2, 0.25) is 0 Å². The largest absolute Gasteiger partial charge is 0.481 e. The van der Waals surface area contributed by atoms with Crippen LogP contribution in [0, 0.1) is 5.92 Å². The number of nitrogens with zero attached hydrogens (tertiary/aromatic N) is 1. The van der Waals surface area contributed by atoms with E-state index >= 15 is 0 Å². The molecular formula is C15H25NO3. The third-order valence-electron chi connectivity index (χ3n) is 4.37. The van der Waals surface area contributed by atoms with Crippen molar-refractivity contribution in [1.29, 1.82) is 0 Å². The number of hydrogen-bond donors (Lipinski definition) is 1. The first kappa shape index (κ1) is 14.4. The van der Waals surface area contributed by atoms with Gasteiger partial charge in [0.05, 0.1) is 6.42 Å². The summed E-state index contributed by atoms with van der Waals surface area (Å²) in [5.74, 6) is 0.0817. The Morgan fingerprint density at radius 2 is 1.68 bits per heavy atom. The predicted octanol–water partition coefficient (Wildman–Crippen LogP) is 2.81. The zero-order valence-corrected chi connectivity index (χ0v) is 11.6. The van der Waals surface area contributed by atoms with Gasteiger partial charge in [-0.15, -0.1) is 0 Å². The Bertz CT molecular complexity index is 319. The van der Waals surface area contributed by atoms with Crippen molar-refractivity contribution >= 4 is 11.9 Å². The number of carboxylic acid groups (broad SMARTS) is 1. The zero-order chi connectivity index (χ0) is 13.7. The lowest BCUT2D eigenvalue weighted by molar-refractivity contribution is -0.138. The molecule has 0 aromatic rings. The van der Waals surface area contributed by atoms with Crippen molar-refractivity contribution in [3.63, 3.8) is 0 Å². The van der Waals surface area contributed by atoms with Crippen LogP contribution < -0.4 is 0 Å². The minimum Gasteiger partial charge on any atom is -0.481 e. The van der Waals surface area contributed by atoms with E-state index in [1.165, 1.54) is 32.1 Å². The molecule has 0 heterocycles. The SMILES string of the molecule is O=C(O)CCN(C(=O)CCC1CCCCC1)C1CC1. The summed E-state index contributed by atoms with van der Waals surface area (Å²) in [7, 11) is 0. The smallest absolute Gasteiger partial charge is 0.305 e. The first-order valence-corrected chi connectivity index (χ1v) is 7.68. The van der Waals surface area contributed by atoms with Gasteiger partial charge in [0, 0.05) is 19.0 Å². The summed E-state index contributed by atoms with van der Waals surface area (Å²) in [4.78, 5) is 24.7. The Balaban J connectivity index is 1.73. The van der Waals surface area contributed by atoms with Crippen LogP contribution in [-0.4, -0.2) is 34.5 Å². The maximum atomic E-state index is 12.2. The average molecular weight is 267 g/mol. The third kappa shape index (κ3) is 4.84. The van der Waals surface area contributed by atoms with E-state index < -0.39 is 5.97 Å². The van der Waals surface area contributed by atoms with Crippen molar-refractivity contribution in [3.05, 3.63) is 0 Å². The van der Waals surface area contributed by atoms with E-state index in [2.05, 4.69) is 0 Å². The molecule has 19 heavy (non-hydrogen) atoms. The molecular weight excluding hydrogens is 242 g/mol. The standard InChI is InChI=1S/C15H25NO3/c17-14(9-6-12-4-2-1-3-5-12)16(13-7-8-13)11-10-15(18)19/h12-13H,1-11H2,(H,18,19). The molecule has 0 bridgehead atoms. The fourth-order valence-corrected chi connectivity index (χ4v) is 3.06. The lowest BCUT2D eigenvalue weighted by atomic mass is 9.86. The fraction of sp³-hybridized carbons (Fsp3) is 0.867. The molecule has 108 valence electrons. The number of hydrogen-bond acceptors (Lipinski definition) is 2. The van der Waals surface area contributed by atoms with Crippen LogP contribution in [0.1, 0.15) is 64.2 Å². The van der Waals surface area contributed by atoms with E-state index in [9.17, 15) is 9.59 Å². The summed E-state index contributed by atoms with van der Waals surface area (Å²) < 4.78 is 0. The van der Waals surface area contributed by atoms with Crippen molar-refractivity contribution in [1.82, 2.24) is 4.90 Å². The molecule has 4 nitrogen and oxygen atoms in total. The highest BCUT2D eigenvalue weighted by molar-refractivity contribution is 5.77. The lowest BCUT2D eigenvalue weighted by Crippen LogP contribution is -2.35. The number of carbonyl (C=O) groups is 2. The molecule has 0 aromatic carbocycles. The molecule has 0 unspecified atom stereocenters. The molecule has 2 aliphatic carbocycles. The van der Waals surface area contributed by atoms with Crippen LogP contribution in [0.4, 0.5) is 0 Å². The number of carboxylic acids is 1. The van der Waals surface area contributed by atoms with Crippen LogP contribution >= 0.6 is 0 Å². The molecule has 2 rings (SSSR count). The molecule has 1 amide bonds. The van der Waals surface area contributed by atoms with Crippen LogP contribution in [-0.2, 0) is 9.59 Å². The lowest BCUT2D eigenvalue weighted by Gasteiger charge is -2.25. The summed E-state index contributed by atoms with van der Waals surface area (Å²) in [5.41, 5.74) is 0. The molecule has 0 aliphatic heterocycles. The minimum atomic E-state index is -0.814. The van der Waals surface area contributed by atoms with Crippen molar-refractivity contribution < 1.29 is 14.7 Å². The van der Waals surface area contributed by atoms with Gasteiger partial charge in [-0.2, -0.15) is 0 Å². The molecule has 0 radical (unpaired) electrons.